The summed E-state index contributed by atoms with van der Waals surface area (Å²) < 4.78 is 2.74. The van der Waals surface area contributed by atoms with Gasteiger partial charge in [0.2, 0.25) is 0 Å². The number of carbonyl (C=O) groups is 2. The van der Waals surface area contributed by atoms with Crippen LogP contribution in [-0.4, -0.2) is 43.9 Å². The number of amides is 1. The van der Waals surface area contributed by atoms with Crippen molar-refractivity contribution in [1.82, 2.24) is 9.47 Å². The summed E-state index contributed by atoms with van der Waals surface area (Å²) in [7, 11) is 0. The molecule has 0 radical (unpaired) electrons. The van der Waals surface area contributed by atoms with E-state index in [1.807, 2.05) is 13.0 Å². The zero-order valence-electron chi connectivity index (χ0n) is 18.9. The Labute approximate surface area is 214 Å². The Morgan fingerprint density at radius 3 is 2.50 bits per heavy atom. The zero-order chi connectivity index (χ0) is 24.6. The van der Waals surface area contributed by atoms with Gasteiger partial charge in [-0.15, -0.1) is 11.3 Å². The lowest BCUT2D eigenvalue weighted by Crippen LogP contribution is -2.35. The second kappa shape index (κ2) is 10.1. The fourth-order valence-electron chi connectivity index (χ4n) is 3.75. The van der Waals surface area contributed by atoms with Gasteiger partial charge >= 0.3 is 5.97 Å². The maximum atomic E-state index is 13.1. The average molecular weight is 534 g/mol. The maximum Gasteiger partial charge on any atom is 0.323 e. The number of thiazole rings is 1. The molecule has 0 aliphatic carbocycles. The number of aryl methyl sites for hydroxylation is 1. The van der Waals surface area contributed by atoms with Gasteiger partial charge in [-0.2, -0.15) is 0 Å². The van der Waals surface area contributed by atoms with Crippen LogP contribution in [0, 0.1) is 0 Å². The number of aromatic nitrogens is 1. The van der Waals surface area contributed by atoms with Crippen molar-refractivity contribution in [3.63, 3.8) is 0 Å². The number of carboxylic acids is 1. The van der Waals surface area contributed by atoms with E-state index in [9.17, 15) is 14.4 Å². The number of hydrogen-bond acceptors (Lipinski definition) is 8. The van der Waals surface area contributed by atoms with Gasteiger partial charge in [0.25, 0.3) is 11.5 Å². The van der Waals surface area contributed by atoms with Crippen molar-refractivity contribution in [2.45, 2.75) is 38.6 Å². The molecule has 0 saturated carbocycles. The first-order valence-corrected chi connectivity index (χ1v) is 13.6. The fraction of sp³-hybridized carbons (Fsp3) is 0.304. The van der Waals surface area contributed by atoms with Crippen molar-refractivity contribution in [1.29, 1.82) is 0 Å². The Hall–Kier alpha value is -2.34. The molecule has 2 aliphatic rings. The topological polar surface area (TPSA) is 82.8 Å². The molecule has 1 aromatic heterocycles. The molecule has 11 heteroatoms. The van der Waals surface area contributed by atoms with Crippen LogP contribution in [-0.2, 0) is 22.6 Å². The monoisotopic (exact) mass is 533 g/mol. The first-order chi connectivity index (χ1) is 16.3. The van der Waals surface area contributed by atoms with Gasteiger partial charge in [-0.1, -0.05) is 48.7 Å². The molecular formula is C23H23N3O4S4. The van der Waals surface area contributed by atoms with E-state index in [-0.39, 0.29) is 9.88 Å². The highest BCUT2D eigenvalue weighted by Crippen LogP contribution is 2.46. The molecule has 3 heterocycles. The SMILES string of the molecule is CCc1ccc2c(c1)N(CC)C(=CC=c1sc(=C3SC(=S)N(CC(=O)O)C3=O)n(CC)c1=O)S2. The molecule has 0 unspecified atom stereocenters. The highest BCUT2D eigenvalue weighted by molar-refractivity contribution is 8.30. The van der Waals surface area contributed by atoms with Crippen molar-refractivity contribution >= 4 is 79.9 Å². The number of rotatable bonds is 6. The number of thiocarbonyl (C=S) groups is 1. The number of benzene rings is 1. The van der Waals surface area contributed by atoms with E-state index in [0.29, 0.717) is 20.6 Å². The molecule has 34 heavy (non-hydrogen) atoms. The summed E-state index contributed by atoms with van der Waals surface area (Å²) in [4.78, 5) is 41.8. The minimum absolute atomic E-state index is 0.181. The lowest BCUT2D eigenvalue weighted by atomic mass is 10.1. The molecule has 0 spiro atoms. The first kappa shape index (κ1) is 24.8. The average Bonchev–Trinajstić information content (AvgIpc) is 3.42. The number of thioether (sulfide) groups is 2. The van der Waals surface area contributed by atoms with Crippen LogP contribution in [0.4, 0.5) is 5.69 Å². The molecule has 2 aliphatic heterocycles. The molecule has 1 amide bonds. The predicted molar refractivity (Wildman–Crippen MR) is 144 cm³/mol. The van der Waals surface area contributed by atoms with Crippen molar-refractivity contribution in [2.24, 2.45) is 0 Å². The smallest absolute Gasteiger partial charge is 0.323 e. The fourth-order valence-corrected chi connectivity index (χ4v) is 7.38. The van der Waals surface area contributed by atoms with Crippen molar-refractivity contribution < 1.29 is 14.7 Å². The van der Waals surface area contributed by atoms with Gasteiger partial charge in [0.1, 0.15) is 20.4 Å². The summed E-state index contributed by atoms with van der Waals surface area (Å²) >= 11 is 9.15. The van der Waals surface area contributed by atoms with Crippen LogP contribution in [0.25, 0.3) is 11.0 Å². The lowest BCUT2D eigenvalue weighted by molar-refractivity contribution is -0.140. The van der Waals surface area contributed by atoms with Crippen LogP contribution < -0.4 is 19.7 Å². The lowest BCUT2D eigenvalue weighted by Gasteiger charge is -2.18. The standard InChI is InChI=1S/C23H23N3O4S4/c1-4-13-7-8-15-14(11-13)24(5-2)17(32-15)10-9-16-20(29)25(6-3)22(33-16)19-21(30)26(12-18(27)28)23(31)34-19/h7-11H,4-6,12H2,1-3H3,(H,27,28). The van der Waals surface area contributed by atoms with Crippen LogP contribution in [0.1, 0.15) is 26.3 Å². The maximum absolute atomic E-state index is 13.1. The Bertz CT molecular complexity index is 1410. The number of carboxylic acid groups (broad SMARTS) is 1. The second-order valence-corrected chi connectivity index (χ2v) is 11.2. The highest BCUT2D eigenvalue weighted by Gasteiger charge is 2.35. The van der Waals surface area contributed by atoms with E-state index in [1.165, 1.54) is 27.5 Å². The van der Waals surface area contributed by atoms with E-state index < -0.39 is 18.4 Å². The molecule has 1 fully saturated rings. The number of hydrogen-bond donors (Lipinski definition) is 1. The first-order valence-electron chi connectivity index (χ1n) is 10.8. The van der Waals surface area contributed by atoms with Gasteiger partial charge in [0.15, 0.2) is 0 Å². The summed E-state index contributed by atoms with van der Waals surface area (Å²) in [5.74, 6) is -1.62. The Kier molecular flexibility index (Phi) is 7.36. The minimum atomic E-state index is -1.14. The zero-order valence-corrected chi connectivity index (χ0v) is 22.1. The van der Waals surface area contributed by atoms with Gasteiger partial charge in [0, 0.05) is 18.0 Å². The van der Waals surface area contributed by atoms with E-state index in [2.05, 4.69) is 36.9 Å². The van der Waals surface area contributed by atoms with E-state index in [4.69, 9.17) is 17.3 Å². The van der Waals surface area contributed by atoms with Crippen LogP contribution in [0.15, 0.2) is 39.0 Å². The molecule has 0 atom stereocenters. The van der Waals surface area contributed by atoms with Crippen LogP contribution in [0.3, 0.4) is 0 Å². The van der Waals surface area contributed by atoms with Crippen molar-refractivity contribution in [2.75, 3.05) is 18.0 Å². The van der Waals surface area contributed by atoms with Gasteiger partial charge < -0.3 is 10.0 Å². The summed E-state index contributed by atoms with van der Waals surface area (Å²) in [6.07, 6.45) is 4.73. The molecule has 1 aromatic carbocycles. The van der Waals surface area contributed by atoms with Gasteiger partial charge in [-0.25, -0.2) is 0 Å². The third kappa shape index (κ3) is 4.49. The van der Waals surface area contributed by atoms with Crippen molar-refractivity contribution in [3.05, 3.63) is 54.4 Å². The number of carbonyl (C=O) groups excluding carboxylic acids is 1. The van der Waals surface area contributed by atoms with E-state index >= 15 is 0 Å². The highest BCUT2D eigenvalue weighted by atomic mass is 32.2. The quantitative estimate of drug-likeness (QED) is 0.568. The second-order valence-electron chi connectivity index (χ2n) is 7.48. The summed E-state index contributed by atoms with van der Waals surface area (Å²) in [6.45, 7) is 6.77. The largest absolute Gasteiger partial charge is 0.480 e. The molecule has 0 bridgehead atoms. The molecule has 2 aromatic rings. The molecular weight excluding hydrogens is 511 g/mol. The third-order valence-electron chi connectivity index (χ3n) is 5.46. The minimum Gasteiger partial charge on any atom is -0.480 e. The Morgan fingerprint density at radius 2 is 1.85 bits per heavy atom. The molecule has 4 rings (SSSR count). The van der Waals surface area contributed by atoms with Crippen LogP contribution >= 0.6 is 47.1 Å². The normalized spacial score (nSPS) is 19.0. The third-order valence-corrected chi connectivity index (χ3v) is 9.30. The molecule has 1 N–H and O–H groups in total. The molecule has 7 nitrogen and oxygen atoms in total. The molecule has 178 valence electrons. The van der Waals surface area contributed by atoms with E-state index in [1.54, 1.807) is 22.4 Å². The predicted octanol–water partition coefficient (Wildman–Crippen LogP) is 2.80. The number of allylic oxidation sites excluding steroid dienone is 1. The number of nitrogens with zero attached hydrogens (tertiary/aromatic N) is 3. The molecule has 1 saturated heterocycles. The summed E-state index contributed by atoms with van der Waals surface area (Å²) in [5.41, 5.74) is 2.28. The van der Waals surface area contributed by atoms with Crippen LogP contribution in [0.5, 0.6) is 0 Å². The Balaban J connectivity index is 1.77. The van der Waals surface area contributed by atoms with Gasteiger partial charge in [-0.3, -0.25) is 23.9 Å². The van der Waals surface area contributed by atoms with Gasteiger partial charge in [0.05, 0.1) is 15.2 Å². The number of aliphatic carboxylic acids is 1. The van der Waals surface area contributed by atoms with Crippen LogP contribution in [0.2, 0.25) is 0 Å². The summed E-state index contributed by atoms with van der Waals surface area (Å²) in [5, 5.41) is 10.1. The number of anilines is 1. The number of fused-ring (bicyclic) bond motifs is 1. The van der Waals surface area contributed by atoms with Gasteiger partial charge in [-0.05, 0) is 50.1 Å². The Morgan fingerprint density at radius 1 is 1.09 bits per heavy atom. The summed E-state index contributed by atoms with van der Waals surface area (Å²) in [6, 6.07) is 6.50. The van der Waals surface area contributed by atoms with E-state index in [0.717, 1.165) is 34.7 Å². The van der Waals surface area contributed by atoms with Crippen molar-refractivity contribution in [3.8, 4) is 0 Å².